The van der Waals surface area contributed by atoms with E-state index in [4.69, 9.17) is 0 Å². The first kappa shape index (κ1) is 19.5. The van der Waals surface area contributed by atoms with E-state index in [1.807, 2.05) is 32.0 Å². The topological polar surface area (TPSA) is 77.8 Å². The van der Waals surface area contributed by atoms with Crippen molar-refractivity contribution in [3.05, 3.63) is 101 Å². The Bertz CT molecular complexity index is 1180. The van der Waals surface area contributed by atoms with Crippen molar-refractivity contribution in [3.63, 3.8) is 0 Å². The number of carbonyl (C=O) groups is 2. The molecule has 3 aromatic carbocycles. The fraction of sp³-hybridized carbons (Fsp3) is 0.120. The van der Waals surface area contributed by atoms with Gasteiger partial charge in [0.25, 0.3) is 11.7 Å². The van der Waals surface area contributed by atoms with Gasteiger partial charge in [-0.05, 0) is 43.2 Å². The third kappa shape index (κ3) is 3.14. The lowest BCUT2D eigenvalue weighted by Gasteiger charge is -2.26. The number of benzene rings is 3. The van der Waals surface area contributed by atoms with Gasteiger partial charge in [-0.1, -0.05) is 60.2 Å². The summed E-state index contributed by atoms with van der Waals surface area (Å²) in [6, 6.07) is 20.1. The van der Waals surface area contributed by atoms with E-state index in [9.17, 15) is 19.8 Å². The Balaban J connectivity index is 2.00. The maximum atomic E-state index is 13.1. The summed E-state index contributed by atoms with van der Waals surface area (Å²) in [5.74, 6) is -1.92. The van der Waals surface area contributed by atoms with Gasteiger partial charge in [-0.15, -0.1) is 0 Å². The molecule has 0 aliphatic carbocycles. The monoisotopic (exact) mass is 399 g/mol. The standard InChI is InChI=1S/C25H21NO4/c1-15-12-13-16(2)18(14-15)23(28)21-22(17-8-4-3-5-9-17)26(25(30)24(21)29)19-10-6-7-11-20(19)27/h3-14,22,27-28H,1-2H3/b23-21+. The molecule has 1 saturated heterocycles. The van der Waals surface area contributed by atoms with Crippen LogP contribution < -0.4 is 4.90 Å². The molecule has 5 heteroatoms. The number of hydrogen-bond acceptors (Lipinski definition) is 4. The zero-order chi connectivity index (χ0) is 21.4. The van der Waals surface area contributed by atoms with Crippen LogP contribution in [-0.4, -0.2) is 21.9 Å². The lowest BCUT2D eigenvalue weighted by molar-refractivity contribution is -0.132. The largest absolute Gasteiger partial charge is 0.507 e. The van der Waals surface area contributed by atoms with Crippen LogP contribution in [0.15, 0.2) is 78.4 Å². The highest BCUT2D eigenvalue weighted by Crippen LogP contribution is 2.44. The van der Waals surface area contributed by atoms with Crippen LogP contribution in [0.4, 0.5) is 5.69 Å². The van der Waals surface area contributed by atoms with Crippen LogP contribution in [0.2, 0.25) is 0 Å². The molecule has 1 unspecified atom stereocenters. The first-order valence-corrected chi connectivity index (χ1v) is 9.61. The fourth-order valence-electron chi connectivity index (χ4n) is 3.84. The minimum atomic E-state index is -0.862. The summed E-state index contributed by atoms with van der Waals surface area (Å²) in [6.45, 7) is 3.73. The van der Waals surface area contributed by atoms with Gasteiger partial charge in [-0.2, -0.15) is 0 Å². The predicted octanol–water partition coefficient (Wildman–Crippen LogP) is 4.64. The van der Waals surface area contributed by atoms with E-state index in [1.54, 1.807) is 48.5 Å². The second-order valence-corrected chi connectivity index (χ2v) is 7.39. The number of phenolic OH excluding ortho intramolecular Hbond substituents is 1. The van der Waals surface area contributed by atoms with Crippen LogP contribution in [0.1, 0.15) is 28.3 Å². The number of aromatic hydroxyl groups is 1. The summed E-state index contributed by atoms with van der Waals surface area (Å²) in [4.78, 5) is 27.4. The van der Waals surface area contributed by atoms with Crippen molar-refractivity contribution in [2.45, 2.75) is 19.9 Å². The molecule has 30 heavy (non-hydrogen) atoms. The zero-order valence-corrected chi connectivity index (χ0v) is 16.7. The van der Waals surface area contributed by atoms with E-state index in [-0.39, 0.29) is 22.8 Å². The molecule has 1 aliphatic heterocycles. The number of phenols is 1. The maximum absolute atomic E-state index is 13.1. The number of aryl methyl sites for hydroxylation is 2. The second-order valence-electron chi connectivity index (χ2n) is 7.39. The number of amides is 1. The van der Waals surface area contributed by atoms with Gasteiger partial charge in [0.1, 0.15) is 11.5 Å². The fourth-order valence-corrected chi connectivity index (χ4v) is 3.84. The molecule has 0 saturated carbocycles. The van der Waals surface area contributed by atoms with E-state index in [0.29, 0.717) is 11.1 Å². The molecular formula is C25H21NO4. The molecule has 1 atom stereocenters. The lowest BCUT2D eigenvalue weighted by Crippen LogP contribution is -2.29. The number of para-hydroxylation sites is 2. The lowest BCUT2D eigenvalue weighted by atomic mass is 9.93. The minimum Gasteiger partial charge on any atom is -0.507 e. The van der Waals surface area contributed by atoms with E-state index in [2.05, 4.69) is 0 Å². The Morgan fingerprint density at radius 1 is 0.900 bits per heavy atom. The highest BCUT2D eigenvalue weighted by molar-refractivity contribution is 6.51. The average molecular weight is 399 g/mol. The van der Waals surface area contributed by atoms with Crippen LogP contribution in [-0.2, 0) is 9.59 Å². The molecule has 0 bridgehead atoms. The van der Waals surface area contributed by atoms with E-state index in [0.717, 1.165) is 11.1 Å². The van der Waals surface area contributed by atoms with Gasteiger partial charge in [-0.25, -0.2) is 0 Å². The van der Waals surface area contributed by atoms with Crippen molar-refractivity contribution in [2.75, 3.05) is 4.90 Å². The first-order valence-electron chi connectivity index (χ1n) is 9.61. The van der Waals surface area contributed by atoms with Crippen LogP contribution in [0.5, 0.6) is 5.75 Å². The number of Topliss-reactive ketones (excluding diaryl/α,β-unsaturated/α-hetero) is 1. The van der Waals surface area contributed by atoms with Crippen molar-refractivity contribution in [1.82, 2.24) is 0 Å². The highest BCUT2D eigenvalue weighted by atomic mass is 16.3. The van der Waals surface area contributed by atoms with Crippen molar-refractivity contribution in [1.29, 1.82) is 0 Å². The van der Waals surface area contributed by atoms with Gasteiger partial charge in [0.15, 0.2) is 0 Å². The summed E-state index contributed by atoms with van der Waals surface area (Å²) in [5, 5.41) is 21.6. The van der Waals surface area contributed by atoms with E-state index in [1.165, 1.54) is 11.0 Å². The normalized spacial score (nSPS) is 18.1. The molecule has 4 rings (SSSR count). The molecule has 1 amide bonds. The molecule has 0 spiro atoms. The number of anilines is 1. The van der Waals surface area contributed by atoms with Crippen molar-refractivity contribution in [3.8, 4) is 5.75 Å². The van der Waals surface area contributed by atoms with Crippen LogP contribution in [0, 0.1) is 13.8 Å². The van der Waals surface area contributed by atoms with Crippen LogP contribution in [0.3, 0.4) is 0 Å². The quantitative estimate of drug-likeness (QED) is 0.382. The van der Waals surface area contributed by atoms with Gasteiger partial charge in [0.2, 0.25) is 0 Å². The van der Waals surface area contributed by atoms with Gasteiger partial charge >= 0.3 is 0 Å². The summed E-state index contributed by atoms with van der Waals surface area (Å²) in [7, 11) is 0. The van der Waals surface area contributed by atoms with E-state index < -0.39 is 17.7 Å². The average Bonchev–Trinajstić information content (AvgIpc) is 3.01. The van der Waals surface area contributed by atoms with Crippen molar-refractivity contribution < 1.29 is 19.8 Å². The number of aliphatic hydroxyl groups is 1. The Morgan fingerprint density at radius 2 is 1.57 bits per heavy atom. The molecule has 1 aliphatic rings. The number of nitrogens with zero attached hydrogens (tertiary/aromatic N) is 1. The van der Waals surface area contributed by atoms with Crippen molar-refractivity contribution >= 4 is 23.1 Å². The summed E-state index contributed by atoms with van der Waals surface area (Å²) in [5.41, 5.74) is 3.10. The Kier molecular flexibility index (Phi) is 4.88. The minimum absolute atomic E-state index is 0.00292. The smallest absolute Gasteiger partial charge is 0.300 e. The molecule has 150 valence electrons. The maximum Gasteiger partial charge on any atom is 0.300 e. The van der Waals surface area contributed by atoms with Crippen LogP contribution in [0.25, 0.3) is 5.76 Å². The van der Waals surface area contributed by atoms with Gasteiger partial charge in [0.05, 0.1) is 17.3 Å². The number of hydrogen-bond donors (Lipinski definition) is 2. The molecular weight excluding hydrogens is 378 g/mol. The predicted molar refractivity (Wildman–Crippen MR) is 115 cm³/mol. The highest BCUT2D eigenvalue weighted by Gasteiger charge is 2.47. The van der Waals surface area contributed by atoms with E-state index >= 15 is 0 Å². The third-order valence-corrected chi connectivity index (χ3v) is 5.35. The molecule has 0 radical (unpaired) electrons. The summed E-state index contributed by atoms with van der Waals surface area (Å²) in [6.07, 6.45) is 0. The molecule has 0 aromatic heterocycles. The number of carbonyl (C=O) groups excluding carboxylic acids is 2. The molecule has 5 nitrogen and oxygen atoms in total. The Labute approximate surface area is 174 Å². The second kappa shape index (κ2) is 7.52. The number of ketones is 1. The third-order valence-electron chi connectivity index (χ3n) is 5.35. The molecule has 3 aromatic rings. The zero-order valence-electron chi connectivity index (χ0n) is 16.7. The Morgan fingerprint density at radius 3 is 2.27 bits per heavy atom. The molecule has 2 N–H and O–H groups in total. The number of aliphatic hydroxyl groups excluding tert-OH is 1. The molecule has 1 heterocycles. The van der Waals surface area contributed by atoms with Gasteiger partial charge in [0, 0.05) is 5.56 Å². The first-order chi connectivity index (χ1) is 14.4. The van der Waals surface area contributed by atoms with Crippen molar-refractivity contribution in [2.24, 2.45) is 0 Å². The van der Waals surface area contributed by atoms with Gasteiger partial charge < -0.3 is 10.2 Å². The summed E-state index contributed by atoms with van der Waals surface area (Å²) < 4.78 is 0. The molecule has 1 fully saturated rings. The number of rotatable bonds is 3. The Hall–Kier alpha value is -3.86. The van der Waals surface area contributed by atoms with Gasteiger partial charge in [-0.3, -0.25) is 14.5 Å². The SMILES string of the molecule is Cc1ccc(C)c(/C(O)=C2\C(=O)C(=O)N(c3ccccc3O)C2c2ccccc2)c1. The summed E-state index contributed by atoms with van der Waals surface area (Å²) >= 11 is 0. The van der Waals surface area contributed by atoms with Crippen LogP contribution >= 0.6 is 0 Å².